The van der Waals surface area contributed by atoms with Crippen molar-refractivity contribution in [3.8, 4) is 0 Å². The molecule has 3 rings (SSSR count). The lowest BCUT2D eigenvalue weighted by Crippen LogP contribution is -2.08. The third kappa shape index (κ3) is 3.62. The molecule has 0 spiro atoms. The van der Waals surface area contributed by atoms with Gasteiger partial charge in [0.2, 0.25) is 0 Å². The van der Waals surface area contributed by atoms with Crippen molar-refractivity contribution >= 4 is 28.4 Å². The molecular weight excluding hydrogens is 326 g/mol. The van der Waals surface area contributed by atoms with E-state index in [2.05, 4.69) is 57.2 Å². The van der Waals surface area contributed by atoms with Crippen LogP contribution in [0, 0.1) is 34.6 Å². The molecule has 0 amide bonds. The number of carbonyl (C=O) groups excluding carboxylic acids is 1. The summed E-state index contributed by atoms with van der Waals surface area (Å²) >= 11 is 1.52. The highest BCUT2D eigenvalue weighted by Gasteiger charge is 2.14. The molecule has 25 heavy (non-hydrogen) atoms. The molecule has 0 aliphatic heterocycles. The fraction of sp³-hybridized carbons (Fsp3) is 0.273. The van der Waals surface area contributed by atoms with Gasteiger partial charge in [0.25, 0.3) is 0 Å². The fourth-order valence-electron chi connectivity index (χ4n) is 3.44. The number of hydrogen-bond donors (Lipinski definition) is 0. The number of ketones is 1. The molecule has 0 N–H and O–H groups in total. The average molecular weight is 349 g/mol. The summed E-state index contributed by atoms with van der Waals surface area (Å²) in [5.41, 5.74) is 7.56. The lowest BCUT2D eigenvalue weighted by molar-refractivity contribution is 0.102. The van der Waals surface area contributed by atoms with Crippen molar-refractivity contribution in [3.05, 3.63) is 69.8 Å². The van der Waals surface area contributed by atoms with E-state index in [0.29, 0.717) is 5.75 Å². The van der Waals surface area contributed by atoms with Gasteiger partial charge >= 0.3 is 0 Å². The first-order valence-corrected chi connectivity index (χ1v) is 9.46. The van der Waals surface area contributed by atoms with Gasteiger partial charge in [0.15, 0.2) is 5.78 Å². The number of aryl methyl sites for hydroxylation is 5. The van der Waals surface area contributed by atoms with Gasteiger partial charge in [-0.1, -0.05) is 47.7 Å². The Kier molecular flexibility index (Phi) is 4.96. The van der Waals surface area contributed by atoms with Crippen LogP contribution in [0.5, 0.6) is 0 Å². The van der Waals surface area contributed by atoms with Crippen LogP contribution in [0.2, 0.25) is 0 Å². The van der Waals surface area contributed by atoms with Crippen LogP contribution in [0.25, 0.3) is 10.9 Å². The molecule has 1 aromatic heterocycles. The number of pyridine rings is 1. The maximum atomic E-state index is 12.7. The van der Waals surface area contributed by atoms with E-state index in [1.807, 2.05) is 13.8 Å². The Hall–Kier alpha value is -2.13. The van der Waals surface area contributed by atoms with Gasteiger partial charge in [-0.25, -0.2) is 4.98 Å². The zero-order valence-electron chi connectivity index (χ0n) is 15.4. The van der Waals surface area contributed by atoms with E-state index in [1.54, 1.807) is 0 Å². The number of para-hydroxylation sites is 1. The number of hydrogen-bond acceptors (Lipinski definition) is 3. The van der Waals surface area contributed by atoms with E-state index < -0.39 is 0 Å². The Morgan fingerprint density at radius 1 is 0.920 bits per heavy atom. The molecule has 2 nitrogen and oxygen atoms in total. The molecule has 0 radical (unpaired) electrons. The van der Waals surface area contributed by atoms with E-state index in [4.69, 9.17) is 4.98 Å². The first-order valence-electron chi connectivity index (χ1n) is 8.47. The molecular formula is C22H23NOS. The van der Waals surface area contributed by atoms with Crippen LogP contribution in [-0.2, 0) is 0 Å². The predicted octanol–water partition coefficient (Wildman–Crippen LogP) is 5.75. The van der Waals surface area contributed by atoms with Crippen LogP contribution in [-0.4, -0.2) is 16.5 Å². The van der Waals surface area contributed by atoms with E-state index in [1.165, 1.54) is 33.8 Å². The first-order chi connectivity index (χ1) is 11.9. The molecule has 0 unspecified atom stereocenters. The van der Waals surface area contributed by atoms with Crippen molar-refractivity contribution in [2.45, 2.75) is 39.6 Å². The Labute approximate surface area is 153 Å². The number of thioether (sulfide) groups is 1. The second kappa shape index (κ2) is 7.01. The Bertz CT molecular complexity index is 952. The number of carbonyl (C=O) groups is 1. The summed E-state index contributed by atoms with van der Waals surface area (Å²) in [5, 5.41) is 2.09. The van der Waals surface area contributed by atoms with E-state index in [0.717, 1.165) is 27.2 Å². The van der Waals surface area contributed by atoms with Crippen molar-refractivity contribution in [2.75, 3.05) is 5.75 Å². The van der Waals surface area contributed by atoms with Crippen LogP contribution in [0.1, 0.15) is 38.2 Å². The van der Waals surface area contributed by atoms with Crippen LogP contribution in [0.3, 0.4) is 0 Å². The minimum Gasteiger partial charge on any atom is -0.293 e. The Morgan fingerprint density at radius 3 is 2.28 bits per heavy atom. The second-order valence-corrected chi connectivity index (χ2v) is 7.73. The van der Waals surface area contributed by atoms with Gasteiger partial charge in [-0.05, 0) is 62.9 Å². The number of fused-ring (bicyclic) bond motifs is 1. The molecule has 2 aromatic carbocycles. The van der Waals surface area contributed by atoms with Crippen molar-refractivity contribution < 1.29 is 4.79 Å². The summed E-state index contributed by atoms with van der Waals surface area (Å²) < 4.78 is 0. The summed E-state index contributed by atoms with van der Waals surface area (Å²) in [6.45, 7) is 10.3. The zero-order valence-corrected chi connectivity index (χ0v) is 16.3. The second-order valence-electron chi connectivity index (χ2n) is 6.73. The quantitative estimate of drug-likeness (QED) is 0.443. The monoisotopic (exact) mass is 349 g/mol. The van der Waals surface area contributed by atoms with Gasteiger partial charge in [0.05, 0.1) is 16.3 Å². The molecule has 3 aromatic rings. The van der Waals surface area contributed by atoms with Gasteiger partial charge in [-0.15, -0.1) is 0 Å². The predicted molar refractivity (Wildman–Crippen MR) is 107 cm³/mol. The number of benzene rings is 2. The standard InChI is InChI=1S/C22H23NOS/c1-13-9-16(4)21(17(5)10-13)19(24)12-25-20-11-15(3)18-8-6-7-14(2)22(18)23-20/h6-11H,12H2,1-5H3. The highest BCUT2D eigenvalue weighted by molar-refractivity contribution is 7.99. The molecule has 1 heterocycles. The fourth-order valence-corrected chi connectivity index (χ4v) is 4.28. The highest BCUT2D eigenvalue weighted by atomic mass is 32.2. The molecule has 0 atom stereocenters. The third-order valence-electron chi connectivity index (χ3n) is 4.53. The first kappa shape index (κ1) is 17.7. The van der Waals surface area contributed by atoms with Gasteiger partial charge < -0.3 is 0 Å². The Balaban J connectivity index is 1.86. The zero-order chi connectivity index (χ0) is 18.1. The third-order valence-corrected chi connectivity index (χ3v) is 5.44. The summed E-state index contributed by atoms with van der Waals surface area (Å²) in [7, 11) is 0. The molecule has 0 aliphatic rings. The molecule has 0 fully saturated rings. The minimum atomic E-state index is 0.171. The lowest BCUT2D eigenvalue weighted by Gasteiger charge is -2.11. The van der Waals surface area contributed by atoms with Crippen LogP contribution >= 0.6 is 11.8 Å². The summed E-state index contributed by atoms with van der Waals surface area (Å²) in [6.07, 6.45) is 0. The smallest absolute Gasteiger partial charge is 0.173 e. The van der Waals surface area contributed by atoms with E-state index in [-0.39, 0.29) is 5.78 Å². The van der Waals surface area contributed by atoms with Crippen LogP contribution in [0.4, 0.5) is 0 Å². The number of Topliss-reactive ketones (excluding diaryl/α,β-unsaturated/α-hetero) is 1. The maximum absolute atomic E-state index is 12.7. The number of nitrogens with zero attached hydrogens (tertiary/aromatic N) is 1. The summed E-state index contributed by atoms with van der Waals surface area (Å²) in [5.74, 6) is 0.582. The summed E-state index contributed by atoms with van der Waals surface area (Å²) in [4.78, 5) is 17.5. The molecule has 0 saturated carbocycles. The molecule has 0 saturated heterocycles. The maximum Gasteiger partial charge on any atom is 0.173 e. The largest absolute Gasteiger partial charge is 0.293 e. The van der Waals surface area contributed by atoms with Crippen molar-refractivity contribution in [3.63, 3.8) is 0 Å². The average Bonchev–Trinajstić information content (AvgIpc) is 2.53. The van der Waals surface area contributed by atoms with Crippen LogP contribution < -0.4 is 0 Å². The van der Waals surface area contributed by atoms with Gasteiger partial charge in [0.1, 0.15) is 0 Å². The van der Waals surface area contributed by atoms with Crippen LogP contribution in [0.15, 0.2) is 41.4 Å². The molecule has 3 heteroatoms. The molecule has 0 bridgehead atoms. The lowest BCUT2D eigenvalue weighted by atomic mass is 9.97. The number of rotatable bonds is 4. The normalized spacial score (nSPS) is 11.1. The van der Waals surface area contributed by atoms with Gasteiger partial charge in [0, 0.05) is 10.9 Å². The SMILES string of the molecule is Cc1cc(C)c(C(=O)CSc2cc(C)c3cccc(C)c3n2)c(C)c1. The summed E-state index contributed by atoms with van der Waals surface area (Å²) in [6, 6.07) is 12.5. The molecule has 128 valence electrons. The topological polar surface area (TPSA) is 30.0 Å². The highest BCUT2D eigenvalue weighted by Crippen LogP contribution is 2.27. The minimum absolute atomic E-state index is 0.171. The molecule has 0 aliphatic carbocycles. The Morgan fingerprint density at radius 2 is 1.60 bits per heavy atom. The van der Waals surface area contributed by atoms with E-state index in [9.17, 15) is 4.79 Å². The number of aromatic nitrogens is 1. The van der Waals surface area contributed by atoms with Crippen molar-refractivity contribution in [2.24, 2.45) is 0 Å². The van der Waals surface area contributed by atoms with Crippen molar-refractivity contribution in [1.29, 1.82) is 0 Å². The van der Waals surface area contributed by atoms with Gasteiger partial charge in [-0.2, -0.15) is 0 Å². The van der Waals surface area contributed by atoms with Gasteiger partial charge in [-0.3, -0.25) is 4.79 Å². The van der Waals surface area contributed by atoms with E-state index >= 15 is 0 Å². The van der Waals surface area contributed by atoms with Crippen molar-refractivity contribution in [1.82, 2.24) is 4.98 Å².